The predicted molar refractivity (Wildman–Crippen MR) is 67.9 cm³/mol. The van der Waals surface area contributed by atoms with E-state index in [0.29, 0.717) is 37.3 Å². The maximum Gasteiger partial charge on any atom is 0.407 e. The first kappa shape index (κ1) is 13.4. The fourth-order valence-electron chi connectivity index (χ4n) is 2.14. The highest BCUT2D eigenvalue weighted by molar-refractivity contribution is 5.95. The zero-order valence-electron chi connectivity index (χ0n) is 10.5. The van der Waals surface area contributed by atoms with Crippen LogP contribution in [0, 0.1) is 0 Å². The Hall–Kier alpha value is -2.08. The van der Waals surface area contributed by atoms with E-state index in [1.165, 1.54) is 4.90 Å². The molecule has 102 valence electrons. The number of nitrogens with zero attached hydrogens (tertiary/aromatic N) is 2. The molecule has 1 heterocycles. The largest absolute Gasteiger partial charge is 0.465 e. The van der Waals surface area contributed by atoms with Gasteiger partial charge in [0, 0.05) is 31.7 Å². The molecule has 0 bridgehead atoms. The Labute approximate surface area is 110 Å². The quantitative estimate of drug-likeness (QED) is 0.820. The smallest absolute Gasteiger partial charge is 0.407 e. The minimum absolute atomic E-state index is 0.158. The van der Waals surface area contributed by atoms with Crippen molar-refractivity contribution in [2.24, 2.45) is 0 Å². The Morgan fingerprint density at radius 3 is 2.21 bits per heavy atom. The lowest BCUT2D eigenvalue weighted by molar-refractivity contribution is 0.0622. The van der Waals surface area contributed by atoms with Gasteiger partial charge >= 0.3 is 6.09 Å². The molecule has 2 N–H and O–H groups in total. The molecule has 2 amide bonds. The summed E-state index contributed by atoms with van der Waals surface area (Å²) in [5.74, 6) is -0.158. The molecule has 1 aliphatic heterocycles. The summed E-state index contributed by atoms with van der Waals surface area (Å²) in [5.41, 5.74) is 1.07. The number of rotatable bonds is 2. The summed E-state index contributed by atoms with van der Waals surface area (Å²) in [7, 11) is 0. The molecule has 1 aromatic carbocycles. The van der Waals surface area contributed by atoms with Crippen LogP contribution in [0.25, 0.3) is 0 Å². The van der Waals surface area contributed by atoms with Crippen LogP contribution < -0.4 is 0 Å². The van der Waals surface area contributed by atoms with Gasteiger partial charge in [-0.15, -0.1) is 0 Å². The minimum atomic E-state index is -0.956. The van der Waals surface area contributed by atoms with Gasteiger partial charge in [-0.2, -0.15) is 0 Å². The molecular formula is C13H16N2O4. The number of piperazine rings is 1. The lowest BCUT2D eigenvalue weighted by atomic mass is 10.1. The number of aliphatic hydroxyl groups is 1. The van der Waals surface area contributed by atoms with E-state index in [4.69, 9.17) is 5.11 Å². The van der Waals surface area contributed by atoms with E-state index < -0.39 is 6.09 Å². The van der Waals surface area contributed by atoms with Crippen LogP contribution in [-0.4, -0.2) is 58.2 Å². The second-order valence-electron chi connectivity index (χ2n) is 4.38. The van der Waals surface area contributed by atoms with E-state index in [-0.39, 0.29) is 12.5 Å². The number of carbonyl (C=O) groups is 2. The Bertz CT molecular complexity index is 481. The summed E-state index contributed by atoms with van der Waals surface area (Å²) in [6, 6.07) is 6.91. The molecule has 1 saturated heterocycles. The van der Waals surface area contributed by atoms with Gasteiger partial charge in [0.05, 0.1) is 6.61 Å². The first-order valence-corrected chi connectivity index (χ1v) is 6.09. The molecule has 2 rings (SSSR count). The van der Waals surface area contributed by atoms with E-state index in [9.17, 15) is 14.7 Å². The number of aliphatic hydroxyl groups excluding tert-OH is 1. The van der Waals surface area contributed by atoms with E-state index in [2.05, 4.69) is 0 Å². The van der Waals surface area contributed by atoms with Crippen LogP contribution in [0.2, 0.25) is 0 Å². The molecule has 0 atom stereocenters. The molecule has 6 nitrogen and oxygen atoms in total. The summed E-state index contributed by atoms with van der Waals surface area (Å²) in [5, 5.41) is 18.1. The average Bonchev–Trinajstić information content (AvgIpc) is 2.46. The number of amides is 2. The second kappa shape index (κ2) is 5.71. The fourth-order valence-corrected chi connectivity index (χ4v) is 2.14. The summed E-state index contributed by atoms with van der Waals surface area (Å²) in [4.78, 5) is 26.0. The van der Waals surface area contributed by atoms with E-state index in [0.717, 1.165) is 0 Å². The van der Waals surface area contributed by atoms with Crippen molar-refractivity contribution in [2.75, 3.05) is 26.2 Å². The summed E-state index contributed by atoms with van der Waals surface area (Å²) in [6.45, 7) is 1.22. The molecule has 1 fully saturated rings. The zero-order valence-corrected chi connectivity index (χ0v) is 10.5. The number of carboxylic acid groups (broad SMARTS) is 1. The molecule has 6 heteroatoms. The molecule has 0 aromatic heterocycles. The average molecular weight is 264 g/mol. The van der Waals surface area contributed by atoms with Crippen molar-refractivity contribution in [1.29, 1.82) is 0 Å². The first-order chi connectivity index (χ1) is 9.13. The van der Waals surface area contributed by atoms with Crippen molar-refractivity contribution >= 4 is 12.0 Å². The number of hydrogen-bond acceptors (Lipinski definition) is 3. The third kappa shape index (κ3) is 2.85. The van der Waals surface area contributed by atoms with Crippen LogP contribution in [0.1, 0.15) is 15.9 Å². The third-order valence-corrected chi connectivity index (χ3v) is 3.26. The summed E-state index contributed by atoms with van der Waals surface area (Å²) in [6.07, 6.45) is -0.956. The molecule has 0 saturated carbocycles. The van der Waals surface area contributed by atoms with Crippen LogP contribution in [0.4, 0.5) is 4.79 Å². The summed E-state index contributed by atoms with van der Waals surface area (Å²) < 4.78 is 0. The molecule has 19 heavy (non-hydrogen) atoms. The van der Waals surface area contributed by atoms with Crippen molar-refractivity contribution in [3.63, 3.8) is 0 Å². The Kier molecular flexibility index (Phi) is 4.01. The molecule has 0 spiro atoms. The van der Waals surface area contributed by atoms with Crippen LogP contribution >= 0.6 is 0 Å². The van der Waals surface area contributed by atoms with Crippen molar-refractivity contribution in [2.45, 2.75) is 6.61 Å². The highest BCUT2D eigenvalue weighted by Gasteiger charge is 2.25. The van der Waals surface area contributed by atoms with Gasteiger partial charge in [-0.05, 0) is 11.6 Å². The second-order valence-corrected chi connectivity index (χ2v) is 4.38. The van der Waals surface area contributed by atoms with Gasteiger partial charge in [-0.25, -0.2) is 4.79 Å². The summed E-state index contributed by atoms with van der Waals surface area (Å²) >= 11 is 0. The zero-order chi connectivity index (χ0) is 13.8. The van der Waals surface area contributed by atoms with E-state index in [1.807, 2.05) is 0 Å². The van der Waals surface area contributed by atoms with Crippen molar-refractivity contribution < 1.29 is 19.8 Å². The maximum atomic E-state index is 12.3. The van der Waals surface area contributed by atoms with Gasteiger partial charge in [-0.3, -0.25) is 4.79 Å². The lowest BCUT2D eigenvalue weighted by Gasteiger charge is -2.33. The molecule has 0 aliphatic carbocycles. The van der Waals surface area contributed by atoms with Crippen LogP contribution in [0.15, 0.2) is 24.3 Å². The molecule has 1 aliphatic rings. The van der Waals surface area contributed by atoms with E-state index >= 15 is 0 Å². The van der Waals surface area contributed by atoms with Crippen molar-refractivity contribution in [1.82, 2.24) is 9.80 Å². The Balaban J connectivity index is 2.07. The SMILES string of the molecule is O=C(O)N1CCN(C(=O)c2ccccc2CO)CC1. The van der Waals surface area contributed by atoms with Crippen LogP contribution in [0.3, 0.4) is 0 Å². The fraction of sp³-hybridized carbons (Fsp3) is 0.385. The third-order valence-electron chi connectivity index (χ3n) is 3.26. The molecule has 0 radical (unpaired) electrons. The minimum Gasteiger partial charge on any atom is -0.465 e. The van der Waals surface area contributed by atoms with Crippen molar-refractivity contribution in [3.8, 4) is 0 Å². The lowest BCUT2D eigenvalue weighted by Crippen LogP contribution is -2.50. The van der Waals surface area contributed by atoms with Gasteiger partial charge in [-0.1, -0.05) is 18.2 Å². The Morgan fingerprint density at radius 1 is 1.05 bits per heavy atom. The van der Waals surface area contributed by atoms with Crippen LogP contribution in [0.5, 0.6) is 0 Å². The monoisotopic (exact) mass is 264 g/mol. The van der Waals surface area contributed by atoms with Gasteiger partial charge < -0.3 is 20.0 Å². The topological polar surface area (TPSA) is 81.1 Å². The van der Waals surface area contributed by atoms with Gasteiger partial charge in [0.1, 0.15) is 0 Å². The Morgan fingerprint density at radius 2 is 1.63 bits per heavy atom. The normalized spacial score (nSPS) is 15.4. The number of carbonyl (C=O) groups excluding carboxylic acids is 1. The van der Waals surface area contributed by atoms with Crippen LogP contribution in [-0.2, 0) is 6.61 Å². The highest BCUT2D eigenvalue weighted by atomic mass is 16.4. The number of hydrogen-bond donors (Lipinski definition) is 2. The van der Waals surface area contributed by atoms with E-state index in [1.54, 1.807) is 29.2 Å². The van der Waals surface area contributed by atoms with Gasteiger partial charge in [0.2, 0.25) is 0 Å². The maximum absolute atomic E-state index is 12.3. The first-order valence-electron chi connectivity index (χ1n) is 6.09. The molecule has 0 unspecified atom stereocenters. The standard InChI is InChI=1S/C13H16N2O4/c16-9-10-3-1-2-4-11(10)12(17)14-5-7-15(8-6-14)13(18)19/h1-4,16H,5-9H2,(H,18,19). The highest BCUT2D eigenvalue weighted by Crippen LogP contribution is 2.13. The molecular weight excluding hydrogens is 248 g/mol. The number of benzene rings is 1. The van der Waals surface area contributed by atoms with Gasteiger partial charge in [0.15, 0.2) is 0 Å². The molecule has 1 aromatic rings. The van der Waals surface area contributed by atoms with Crippen molar-refractivity contribution in [3.05, 3.63) is 35.4 Å². The van der Waals surface area contributed by atoms with Gasteiger partial charge in [0.25, 0.3) is 5.91 Å². The predicted octanol–water partition coefficient (Wildman–Crippen LogP) is 0.615.